The Bertz CT molecular complexity index is 1100. The van der Waals surface area contributed by atoms with Gasteiger partial charge in [-0.1, -0.05) is 18.6 Å². The number of hydrogen-bond donors (Lipinski definition) is 1. The van der Waals surface area contributed by atoms with Gasteiger partial charge in [-0.25, -0.2) is 0 Å². The number of benzene rings is 2. The maximum absolute atomic E-state index is 12.4. The van der Waals surface area contributed by atoms with Crippen LogP contribution in [-0.4, -0.2) is 43.0 Å². The Labute approximate surface area is 175 Å². The molecule has 0 aliphatic carbocycles. The molecule has 30 heavy (non-hydrogen) atoms. The van der Waals surface area contributed by atoms with Crippen molar-refractivity contribution < 1.29 is 18.7 Å². The first kappa shape index (κ1) is 19.1. The van der Waals surface area contributed by atoms with Gasteiger partial charge in [0.2, 0.25) is 11.8 Å². The van der Waals surface area contributed by atoms with Crippen molar-refractivity contribution in [2.45, 2.75) is 38.0 Å². The molecule has 0 saturated carbocycles. The van der Waals surface area contributed by atoms with Crippen LogP contribution in [0.1, 0.15) is 43.6 Å². The van der Waals surface area contributed by atoms with Gasteiger partial charge >= 0.3 is 0 Å². The zero-order chi connectivity index (χ0) is 20.5. The predicted octanol–water partition coefficient (Wildman–Crippen LogP) is 3.97. The van der Waals surface area contributed by atoms with Gasteiger partial charge in [0, 0.05) is 29.3 Å². The summed E-state index contributed by atoms with van der Waals surface area (Å²) in [6.07, 6.45) is 6.39. The van der Waals surface area contributed by atoms with E-state index in [-0.39, 0.29) is 17.7 Å². The summed E-state index contributed by atoms with van der Waals surface area (Å²) < 4.78 is 11.9. The van der Waals surface area contributed by atoms with Gasteiger partial charge in [0.25, 0.3) is 0 Å². The fourth-order valence-electron chi connectivity index (χ4n) is 4.73. The summed E-state index contributed by atoms with van der Waals surface area (Å²) in [5.41, 5.74) is 1.58. The van der Waals surface area contributed by atoms with Gasteiger partial charge in [0.15, 0.2) is 0 Å². The quantitative estimate of drug-likeness (QED) is 0.649. The smallest absolute Gasteiger partial charge is 0.234 e. The molecule has 5 rings (SSSR count). The monoisotopic (exact) mass is 406 g/mol. The number of hydrogen-bond acceptors (Lipinski definition) is 5. The Kier molecular flexibility index (Phi) is 5.17. The van der Waals surface area contributed by atoms with Gasteiger partial charge in [-0.2, -0.15) is 0 Å². The Morgan fingerprint density at radius 3 is 2.77 bits per heavy atom. The van der Waals surface area contributed by atoms with Gasteiger partial charge in [-0.3, -0.25) is 19.8 Å². The molecule has 3 aromatic rings. The lowest BCUT2D eigenvalue weighted by molar-refractivity contribution is -0.134. The van der Waals surface area contributed by atoms with E-state index in [2.05, 4.69) is 10.2 Å². The molecule has 156 valence electrons. The molecule has 6 nitrogen and oxygen atoms in total. The summed E-state index contributed by atoms with van der Waals surface area (Å²) in [5, 5.41) is 5.41. The van der Waals surface area contributed by atoms with E-state index in [1.165, 1.54) is 19.3 Å². The van der Waals surface area contributed by atoms with Crippen LogP contribution in [-0.2, 0) is 9.59 Å². The van der Waals surface area contributed by atoms with Crippen LogP contribution in [0.15, 0.2) is 41.0 Å². The third-order valence-corrected chi connectivity index (χ3v) is 6.31. The number of carbonyl (C=O) groups excluding carboxylic acids is 2. The number of fused-ring (bicyclic) bond motifs is 3. The van der Waals surface area contributed by atoms with E-state index in [0.29, 0.717) is 19.4 Å². The van der Waals surface area contributed by atoms with Crippen LogP contribution in [0.3, 0.4) is 0 Å². The SMILES string of the molecule is O=C1CCC(c2coc3ccc4c(OCCN5CCCCC5)cccc4c23)C(=O)N1. The highest BCUT2D eigenvalue weighted by Crippen LogP contribution is 2.39. The van der Waals surface area contributed by atoms with E-state index in [9.17, 15) is 9.59 Å². The van der Waals surface area contributed by atoms with E-state index in [1.807, 2.05) is 30.3 Å². The highest BCUT2D eigenvalue weighted by Gasteiger charge is 2.31. The normalized spacial score (nSPS) is 20.6. The molecular weight excluding hydrogens is 380 g/mol. The van der Waals surface area contributed by atoms with Crippen molar-refractivity contribution in [3.63, 3.8) is 0 Å². The van der Waals surface area contributed by atoms with Gasteiger partial charge in [-0.15, -0.1) is 0 Å². The number of ether oxygens (including phenoxy) is 1. The number of nitrogens with one attached hydrogen (secondary N) is 1. The molecule has 2 aliphatic rings. The molecule has 2 aromatic carbocycles. The third kappa shape index (κ3) is 3.56. The Morgan fingerprint density at radius 1 is 1.07 bits per heavy atom. The van der Waals surface area contributed by atoms with Gasteiger partial charge in [0.1, 0.15) is 17.9 Å². The van der Waals surface area contributed by atoms with Crippen LogP contribution >= 0.6 is 0 Å². The van der Waals surface area contributed by atoms with E-state index in [0.717, 1.165) is 52.7 Å². The number of rotatable bonds is 5. The van der Waals surface area contributed by atoms with E-state index in [4.69, 9.17) is 9.15 Å². The second-order valence-corrected chi connectivity index (χ2v) is 8.24. The molecule has 3 heterocycles. The molecule has 2 amide bonds. The molecule has 1 aromatic heterocycles. The summed E-state index contributed by atoms with van der Waals surface area (Å²) in [6, 6.07) is 9.98. The van der Waals surface area contributed by atoms with Crippen molar-refractivity contribution in [3.05, 3.63) is 42.2 Å². The lowest BCUT2D eigenvalue weighted by atomic mass is 9.89. The largest absolute Gasteiger partial charge is 0.492 e. The third-order valence-electron chi connectivity index (χ3n) is 6.31. The molecule has 1 unspecified atom stereocenters. The number of piperidine rings is 2. The van der Waals surface area contributed by atoms with Crippen LogP contribution < -0.4 is 10.1 Å². The standard InChI is InChI=1S/C24H26N2O4/c27-22-10-8-18(24(28)25-22)19-15-30-21-9-7-16-17(23(19)21)5-4-6-20(16)29-14-13-26-11-2-1-3-12-26/h4-7,9,15,18H,1-3,8,10-14H2,(H,25,27,28). The van der Waals surface area contributed by atoms with Crippen molar-refractivity contribution in [2.24, 2.45) is 0 Å². The van der Waals surface area contributed by atoms with Crippen LogP contribution in [0.4, 0.5) is 0 Å². The number of carbonyl (C=O) groups is 2. The average Bonchev–Trinajstić information content (AvgIpc) is 3.19. The predicted molar refractivity (Wildman–Crippen MR) is 115 cm³/mol. The molecule has 0 bridgehead atoms. The molecule has 2 saturated heterocycles. The minimum absolute atomic E-state index is 0.210. The second kappa shape index (κ2) is 8.11. The first-order chi connectivity index (χ1) is 14.7. The summed E-state index contributed by atoms with van der Waals surface area (Å²) in [6.45, 7) is 3.90. The fraction of sp³-hybridized carbons (Fsp3) is 0.417. The summed E-state index contributed by atoms with van der Waals surface area (Å²) >= 11 is 0. The Hall–Kier alpha value is -2.86. The van der Waals surface area contributed by atoms with Crippen LogP contribution in [0.2, 0.25) is 0 Å². The molecular formula is C24H26N2O4. The fourth-order valence-corrected chi connectivity index (χ4v) is 4.73. The van der Waals surface area contributed by atoms with Crippen molar-refractivity contribution in [3.8, 4) is 5.75 Å². The van der Waals surface area contributed by atoms with Gasteiger partial charge < -0.3 is 9.15 Å². The lowest BCUT2D eigenvalue weighted by Crippen LogP contribution is -2.39. The minimum atomic E-state index is -0.377. The highest BCUT2D eigenvalue weighted by molar-refractivity contribution is 6.12. The lowest BCUT2D eigenvalue weighted by Gasteiger charge is -2.26. The number of furan rings is 1. The van der Waals surface area contributed by atoms with E-state index >= 15 is 0 Å². The first-order valence-electron chi connectivity index (χ1n) is 10.8. The molecule has 0 radical (unpaired) electrons. The summed E-state index contributed by atoms with van der Waals surface area (Å²) in [7, 11) is 0. The van der Waals surface area contributed by atoms with Crippen LogP contribution in [0.5, 0.6) is 5.75 Å². The molecule has 2 fully saturated rings. The summed E-state index contributed by atoms with van der Waals surface area (Å²) in [5.74, 6) is 0.0123. The van der Waals surface area contributed by atoms with Crippen LogP contribution in [0, 0.1) is 0 Å². The number of imide groups is 1. The first-order valence-corrected chi connectivity index (χ1v) is 10.8. The topological polar surface area (TPSA) is 71.8 Å². The maximum atomic E-state index is 12.4. The maximum Gasteiger partial charge on any atom is 0.234 e. The van der Waals surface area contributed by atoms with Gasteiger partial charge in [0.05, 0.1) is 12.2 Å². The van der Waals surface area contributed by atoms with E-state index in [1.54, 1.807) is 6.26 Å². The van der Waals surface area contributed by atoms with Crippen molar-refractivity contribution >= 4 is 33.6 Å². The van der Waals surface area contributed by atoms with E-state index < -0.39 is 0 Å². The molecule has 0 spiro atoms. The summed E-state index contributed by atoms with van der Waals surface area (Å²) in [4.78, 5) is 26.4. The Morgan fingerprint density at radius 2 is 1.93 bits per heavy atom. The molecule has 1 atom stereocenters. The second-order valence-electron chi connectivity index (χ2n) is 8.24. The number of nitrogens with zero attached hydrogens (tertiary/aromatic N) is 1. The zero-order valence-electron chi connectivity index (χ0n) is 17.0. The molecule has 6 heteroatoms. The minimum Gasteiger partial charge on any atom is -0.492 e. The zero-order valence-corrected chi connectivity index (χ0v) is 17.0. The van der Waals surface area contributed by atoms with Gasteiger partial charge in [-0.05, 0) is 55.9 Å². The average molecular weight is 406 g/mol. The number of likely N-dealkylation sites (tertiary alicyclic amines) is 1. The highest BCUT2D eigenvalue weighted by atomic mass is 16.5. The Balaban J connectivity index is 1.45. The van der Waals surface area contributed by atoms with Crippen molar-refractivity contribution in [1.82, 2.24) is 10.2 Å². The molecule has 1 N–H and O–H groups in total. The van der Waals surface area contributed by atoms with Crippen molar-refractivity contribution in [1.29, 1.82) is 0 Å². The molecule has 2 aliphatic heterocycles. The van der Waals surface area contributed by atoms with Crippen molar-refractivity contribution in [2.75, 3.05) is 26.2 Å². The van der Waals surface area contributed by atoms with Crippen LogP contribution in [0.25, 0.3) is 21.7 Å². The number of amides is 2.